The van der Waals surface area contributed by atoms with Gasteiger partial charge in [0.15, 0.2) is 0 Å². The van der Waals surface area contributed by atoms with E-state index in [1.165, 1.54) is 11.5 Å². The lowest BCUT2D eigenvalue weighted by atomic mass is 10.1. The molecule has 0 amide bonds. The first-order valence-corrected chi connectivity index (χ1v) is 6.11. The van der Waals surface area contributed by atoms with E-state index >= 15 is 0 Å². The van der Waals surface area contributed by atoms with Crippen LogP contribution in [0.2, 0.25) is 0 Å². The number of carboxylic acid groups (broad SMARTS) is 1. The molecule has 0 saturated carbocycles. The van der Waals surface area contributed by atoms with Crippen LogP contribution in [0.15, 0.2) is 28.7 Å². The Morgan fingerprint density at radius 1 is 1.50 bits per heavy atom. The van der Waals surface area contributed by atoms with Gasteiger partial charge in [-0.3, -0.25) is 0 Å². The third-order valence-electron chi connectivity index (χ3n) is 2.17. The van der Waals surface area contributed by atoms with Gasteiger partial charge in [-0.1, -0.05) is 28.1 Å². The molecule has 0 aliphatic heterocycles. The van der Waals surface area contributed by atoms with Crippen LogP contribution < -0.4 is 0 Å². The fourth-order valence-corrected chi connectivity index (χ4v) is 2.56. The summed E-state index contributed by atoms with van der Waals surface area (Å²) in [6.07, 6.45) is 0. The van der Waals surface area contributed by atoms with E-state index < -0.39 is 5.97 Å². The summed E-state index contributed by atoms with van der Waals surface area (Å²) >= 11 is 4.57. The van der Waals surface area contributed by atoms with E-state index in [0.29, 0.717) is 11.3 Å². The Hall–Kier alpha value is -1.20. The molecule has 2 aromatic rings. The molecule has 0 aliphatic carbocycles. The number of aromatic carboxylic acids is 1. The zero-order valence-corrected chi connectivity index (χ0v) is 10.8. The average molecular weight is 298 g/mol. The molecule has 0 aliphatic rings. The number of carbonyl (C=O) groups is 1. The van der Waals surface area contributed by atoms with Crippen LogP contribution in [0.5, 0.6) is 0 Å². The Morgan fingerprint density at radius 2 is 2.25 bits per heavy atom. The van der Waals surface area contributed by atoms with E-state index in [4.69, 9.17) is 5.11 Å². The predicted molar refractivity (Wildman–Crippen MR) is 66.9 cm³/mol. The van der Waals surface area contributed by atoms with E-state index in [1.54, 1.807) is 6.92 Å². The van der Waals surface area contributed by atoms with Gasteiger partial charge in [-0.25, -0.2) is 4.79 Å². The first-order valence-electron chi connectivity index (χ1n) is 4.55. The van der Waals surface area contributed by atoms with Crippen LogP contribution in [0.3, 0.4) is 0 Å². The smallest absolute Gasteiger partial charge is 0.339 e. The predicted octanol–water partition coefficient (Wildman–Crippen LogP) is 3.58. The van der Waals surface area contributed by atoms with Crippen LogP contribution in [0.4, 0.5) is 0 Å². The zero-order chi connectivity index (χ0) is 11.7. The third kappa shape index (κ3) is 2.01. The Balaban J connectivity index is 2.60. The maximum absolute atomic E-state index is 11.1. The van der Waals surface area contributed by atoms with Crippen LogP contribution in [0.25, 0.3) is 11.3 Å². The molecule has 0 bridgehead atoms. The molecule has 0 radical (unpaired) electrons. The molecule has 5 heteroatoms. The Morgan fingerprint density at radius 3 is 2.88 bits per heavy atom. The van der Waals surface area contributed by atoms with Crippen molar-refractivity contribution >= 4 is 33.4 Å². The summed E-state index contributed by atoms with van der Waals surface area (Å²) in [5.41, 5.74) is 1.65. The summed E-state index contributed by atoms with van der Waals surface area (Å²) in [5, 5.41) is 9.12. The van der Waals surface area contributed by atoms with Gasteiger partial charge in [0, 0.05) is 14.9 Å². The lowest BCUT2D eigenvalue weighted by Gasteiger charge is -2.00. The molecular formula is C11H8BrNO2S. The molecule has 16 heavy (non-hydrogen) atoms. The second kappa shape index (κ2) is 4.35. The van der Waals surface area contributed by atoms with E-state index in [9.17, 15) is 4.79 Å². The number of rotatable bonds is 2. The van der Waals surface area contributed by atoms with Crippen LogP contribution in [0, 0.1) is 6.92 Å². The normalized spacial score (nSPS) is 10.4. The molecule has 1 heterocycles. The standard InChI is InChI=1S/C11H8BrNO2S/c1-6-9(11(14)15)10(13-16-6)7-3-2-4-8(12)5-7/h2-5H,1H3,(H,14,15). The lowest BCUT2D eigenvalue weighted by molar-refractivity contribution is 0.0697. The van der Waals surface area contributed by atoms with Gasteiger partial charge in [-0.2, -0.15) is 4.37 Å². The van der Waals surface area contributed by atoms with Crippen molar-refractivity contribution in [3.8, 4) is 11.3 Å². The number of hydrogen-bond acceptors (Lipinski definition) is 3. The number of hydrogen-bond donors (Lipinski definition) is 1. The van der Waals surface area contributed by atoms with Crippen molar-refractivity contribution in [2.45, 2.75) is 6.92 Å². The van der Waals surface area contributed by atoms with Gasteiger partial charge in [-0.15, -0.1) is 0 Å². The molecule has 0 unspecified atom stereocenters. The minimum Gasteiger partial charge on any atom is -0.478 e. The second-order valence-corrected chi connectivity index (χ2v) is 5.17. The van der Waals surface area contributed by atoms with Gasteiger partial charge < -0.3 is 5.11 Å². The highest BCUT2D eigenvalue weighted by Gasteiger charge is 2.18. The van der Waals surface area contributed by atoms with Gasteiger partial charge in [-0.05, 0) is 30.6 Å². The summed E-state index contributed by atoms with van der Waals surface area (Å²) in [4.78, 5) is 11.8. The van der Waals surface area contributed by atoms with Crippen molar-refractivity contribution in [1.29, 1.82) is 0 Å². The topological polar surface area (TPSA) is 50.2 Å². The van der Waals surface area contributed by atoms with Crippen molar-refractivity contribution in [3.05, 3.63) is 39.2 Å². The molecule has 1 aromatic carbocycles. The fraction of sp³-hybridized carbons (Fsp3) is 0.0909. The molecule has 1 aromatic heterocycles. The van der Waals surface area contributed by atoms with Crippen molar-refractivity contribution in [2.24, 2.45) is 0 Å². The van der Waals surface area contributed by atoms with Crippen molar-refractivity contribution < 1.29 is 9.90 Å². The Labute approximate surface area is 105 Å². The number of nitrogens with zero attached hydrogens (tertiary/aromatic N) is 1. The van der Waals surface area contributed by atoms with Gasteiger partial charge in [0.05, 0.1) is 5.69 Å². The summed E-state index contributed by atoms with van der Waals surface area (Å²) < 4.78 is 5.10. The summed E-state index contributed by atoms with van der Waals surface area (Å²) in [5.74, 6) is -0.929. The van der Waals surface area contributed by atoms with Gasteiger partial charge in [0.25, 0.3) is 0 Å². The van der Waals surface area contributed by atoms with Gasteiger partial charge >= 0.3 is 5.97 Å². The molecule has 0 spiro atoms. The summed E-state index contributed by atoms with van der Waals surface area (Å²) in [6.45, 7) is 1.77. The Kier molecular flexibility index (Phi) is 3.07. The monoisotopic (exact) mass is 297 g/mol. The number of aromatic nitrogens is 1. The quantitative estimate of drug-likeness (QED) is 0.922. The van der Waals surface area contributed by atoms with E-state index in [1.807, 2.05) is 24.3 Å². The molecule has 3 nitrogen and oxygen atoms in total. The van der Waals surface area contributed by atoms with Crippen molar-refractivity contribution in [2.75, 3.05) is 0 Å². The van der Waals surface area contributed by atoms with E-state index in [0.717, 1.165) is 14.9 Å². The molecule has 0 fully saturated rings. The summed E-state index contributed by atoms with van der Waals surface area (Å²) in [6, 6.07) is 7.47. The molecular weight excluding hydrogens is 290 g/mol. The molecule has 2 rings (SSSR count). The maximum atomic E-state index is 11.1. The highest BCUT2D eigenvalue weighted by atomic mass is 79.9. The van der Waals surface area contributed by atoms with Crippen molar-refractivity contribution in [1.82, 2.24) is 4.37 Å². The SMILES string of the molecule is Cc1snc(-c2cccc(Br)c2)c1C(=O)O. The molecule has 0 saturated heterocycles. The van der Waals surface area contributed by atoms with Crippen LogP contribution in [-0.4, -0.2) is 15.4 Å². The zero-order valence-electron chi connectivity index (χ0n) is 8.40. The number of carboxylic acids is 1. The van der Waals surface area contributed by atoms with Gasteiger partial charge in [0.2, 0.25) is 0 Å². The van der Waals surface area contributed by atoms with Crippen LogP contribution >= 0.6 is 27.5 Å². The minimum atomic E-state index is -0.929. The number of benzene rings is 1. The maximum Gasteiger partial charge on any atom is 0.339 e. The van der Waals surface area contributed by atoms with Crippen LogP contribution in [0.1, 0.15) is 15.2 Å². The molecule has 0 atom stereocenters. The highest BCUT2D eigenvalue weighted by Crippen LogP contribution is 2.29. The molecule has 82 valence electrons. The minimum absolute atomic E-state index is 0.295. The number of halogens is 1. The van der Waals surface area contributed by atoms with E-state index in [2.05, 4.69) is 20.3 Å². The molecule has 1 N–H and O–H groups in total. The first kappa shape index (κ1) is 11.3. The number of aryl methyl sites for hydroxylation is 1. The third-order valence-corrected chi connectivity index (χ3v) is 3.42. The fourth-order valence-electron chi connectivity index (χ4n) is 1.46. The van der Waals surface area contributed by atoms with E-state index in [-0.39, 0.29) is 0 Å². The second-order valence-electron chi connectivity index (χ2n) is 3.28. The van der Waals surface area contributed by atoms with Crippen molar-refractivity contribution in [3.63, 3.8) is 0 Å². The first-order chi connectivity index (χ1) is 7.59. The van der Waals surface area contributed by atoms with Gasteiger partial charge in [0.1, 0.15) is 5.56 Å². The average Bonchev–Trinajstić information content (AvgIpc) is 2.60. The lowest BCUT2D eigenvalue weighted by Crippen LogP contribution is -1.99. The summed E-state index contributed by atoms with van der Waals surface area (Å²) in [7, 11) is 0. The largest absolute Gasteiger partial charge is 0.478 e. The highest BCUT2D eigenvalue weighted by molar-refractivity contribution is 9.10. The van der Waals surface area contributed by atoms with Crippen LogP contribution in [-0.2, 0) is 0 Å². The Bertz CT molecular complexity index is 551.